The molecule has 0 saturated heterocycles. The molecule has 0 atom stereocenters. The van der Waals surface area contributed by atoms with Crippen LogP contribution < -0.4 is 0 Å². The van der Waals surface area contributed by atoms with E-state index in [1.165, 1.54) is 0 Å². The highest BCUT2D eigenvalue weighted by molar-refractivity contribution is 5.52. The molecule has 0 aromatic carbocycles. The van der Waals surface area contributed by atoms with Gasteiger partial charge in [0.05, 0.1) is 0 Å². The molecule has 1 nitrogen and oxygen atoms in total. The molecule has 1 rings (SSSR count). The highest BCUT2D eigenvalue weighted by atomic mass is 14.7. The third-order valence-corrected chi connectivity index (χ3v) is 1.46. The molecule has 0 radical (unpaired) electrons. The minimum atomic E-state index is 1.05. The van der Waals surface area contributed by atoms with Crippen LogP contribution >= 0.6 is 0 Å². The van der Waals surface area contributed by atoms with Crippen LogP contribution in [0.5, 0.6) is 0 Å². The van der Waals surface area contributed by atoms with E-state index in [1.54, 1.807) is 12.3 Å². The molecule has 0 amide bonds. The maximum absolute atomic E-state index is 4.15. The summed E-state index contributed by atoms with van der Waals surface area (Å²) in [6.07, 6.45) is 7.45. The molecule has 1 heterocycles. The molecule has 0 unspecified atom stereocenters. The van der Waals surface area contributed by atoms with E-state index in [0.717, 1.165) is 11.3 Å². The normalized spacial score (nSPS) is 9.15. The van der Waals surface area contributed by atoms with Crippen molar-refractivity contribution in [3.8, 4) is 0 Å². The van der Waals surface area contributed by atoms with Crippen molar-refractivity contribution >= 4 is 6.08 Å². The number of nitrogens with zero attached hydrogens (tertiary/aromatic N) is 1. The minimum Gasteiger partial charge on any atom is -0.261 e. The van der Waals surface area contributed by atoms with Crippen LogP contribution in [-0.2, 0) is 0 Å². The number of allylic oxidation sites excluding steroid dienone is 2. The Morgan fingerprint density at radius 3 is 2.62 bits per heavy atom. The van der Waals surface area contributed by atoms with E-state index < -0.39 is 0 Å². The number of pyridine rings is 1. The van der Waals surface area contributed by atoms with Gasteiger partial charge in [0, 0.05) is 11.9 Å². The van der Waals surface area contributed by atoms with E-state index in [1.807, 2.05) is 45.1 Å². The van der Waals surface area contributed by atoms with Crippen LogP contribution in [0.25, 0.3) is 6.08 Å². The Morgan fingerprint density at radius 1 is 1.38 bits per heavy atom. The first-order valence-electron chi connectivity index (χ1n) is 4.55. The predicted molar refractivity (Wildman–Crippen MR) is 59.6 cm³/mol. The van der Waals surface area contributed by atoms with Gasteiger partial charge in [0.25, 0.3) is 0 Å². The molecule has 0 fully saturated rings. The largest absolute Gasteiger partial charge is 0.261 e. The van der Waals surface area contributed by atoms with Crippen molar-refractivity contribution in [3.05, 3.63) is 48.3 Å². The van der Waals surface area contributed by atoms with Gasteiger partial charge in [-0.3, -0.25) is 4.98 Å². The summed E-state index contributed by atoms with van der Waals surface area (Å²) in [5.74, 6) is 0. The van der Waals surface area contributed by atoms with Crippen molar-refractivity contribution < 1.29 is 0 Å². The SMILES string of the molecule is C=C/C=C\c1cccnc1C.CC. The molecule has 0 saturated carbocycles. The summed E-state index contributed by atoms with van der Waals surface area (Å²) in [5, 5.41) is 0. The van der Waals surface area contributed by atoms with Gasteiger partial charge >= 0.3 is 0 Å². The Hall–Kier alpha value is -1.37. The number of aromatic nitrogens is 1. The third-order valence-electron chi connectivity index (χ3n) is 1.46. The van der Waals surface area contributed by atoms with Gasteiger partial charge in [0.1, 0.15) is 0 Å². The monoisotopic (exact) mass is 175 g/mol. The zero-order chi connectivity index (χ0) is 10.1. The molecule has 0 bridgehead atoms. The molecular weight excluding hydrogens is 158 g/mol. The minimum absolute atomic E-state index is 1.05. The molecule has 0 spiro atoms. The fourth-order valence-corrected chi connectivity index (χ4v) is 0.845. The van der Waals surface area contributed by atoms with Crippen LogP contribution in [0.3, 0.4) is 0 Å². The molecule has 0 aliphatic rings. The van der Waals surface area contributed by atoms with Crippen LogP contribution in [0.15, 0.2) is 37.1 Å². The zero-order valence-electron chi connectivity index (χ0n) is 8.62. The van der Waals surface area contributed by atoms with Gasteiger partial charge in [-0.05, 0) is 18.6 Å². The fourth-order valence-electron chi connectivity index (χ4n) is 0.845. The Labute approximate surface area is 80.8 Å². The van der Waals surface area contributed by atoms with Crippen LogP contribution in [0.1, 0.15) is 25.1 Å². The lowest BCUT2D eigenvalue weighted by Crippen LogP contribution is -1.82. The van der Waals surface area contributed by atoms with E-state index in [4.69, 9.17) is 0 Å². The first-order valence-corrected chi connectivity index (χ1v) is 4.55. The summed E-state index contributed by atoms with van der Waals surface area (Å²) in [7, 11) is 0. The van der Waals surface area contributed by atoms with Gasteiger partial charge in [-0.2, -0.15) is 0 Å². The molecule has 70 valence electrons. The molecule has 1 aromatic heterocycles. The summed E-state index contributed by atoms with van der Waals surface area (Å²) < 4.78 is 0. The fraction of sp³-hybridized carbons (Fsp3) is 0.250. The zero-order valence-corrected chi connectivity index (χ0v) is 8.62. The van der Waals surface area contributed by atoms with Crippen LogP contribution in [0.2, 0.25) is 0 Å². The Balaban J connectivity index is 0.000000671. The summed E-state index contributed by atoms with van der Waals surface area (Å²) in [5.41, 5.74) is 2.19. The average molecular weight is 175 g/mol. The maximum atomic E-state index is 4.15. The van der Waals surface area contributed by atoms with Gasteiger partial charge in [0.2, 0.25) is 0 Å². The molecular formula is C12H17N. The highest BCUT2D eigenvalue weighted by Crippen LogP contribution is 2.05. The Bertz CT molecular complexity index is 274. The Morgan fingerprint density at radius 2 is 2.08 bits per heavy atom. The van der Waals surface area contributed by atoms with E-state index in [-0.39, 0.29) is 0 Å². The van der Waals surface area contributed by atoms with Gasteiger partial charge in [-0.1, -0.05) is 44.7 Å². The number of aryl methyl sites for hydroxylation is 1. The first kappa shape index (κ1) is 11.6. The molecule has 13 heavy (non-hydrogen) atoms. The topological polar surface area (TPSA) is 12.9 Å². The lowest BCUT2D eigenvalue weighted by molar-refractivity contribution is 1.19. The average Bonchev–Trinajstić information content (AvgIpc) is 2.20. The van der Waals surface area contributed by atoms with Crippen molar-refractivity contribution in [3.63, 3.8) is 0 Å². The lowest BCUT2D eigenvalue weighted by Gasteiger charge is -1.95. The van der Waals surface area contributed by atoms with Crippen LogP contribution in [0.4, 0.5) is 0 Å². The quantitative estimate of drug-likeness (QED) is 0.626. The maximum Gasteiger partial charge on any atom is 0.0444 e. The standard InChI is InChI=1S/C10H11N.C2H6/c1-3-4-6-10-7-5-8-11-9(10)2;1-2/h3-8H,1H2,2H3;1-2H3/b6-4-;. The van der Waals surface area contributed by atoms with Crippen molar-refractivity contribution in [1.29, 1.82) is 0 Å². The van der Waals surface area contributed by atoms with Crippen molar-refractivity contribution in [2.45, 2.75) is 20.8 Å². The summed E-state index contributed by atoms with van der Waals surface area (Å²) in [6, 6.07) is 3.96. The predicted octanol–water partition coefficient (Wildman–Crippen LogP) is 3.62. The van der Waals surface area contributed by atoms with Gasteiger partial charge in [0.15, 0.2) is 0 Å². The van der Waals surface area contributed by atoms with Crippen molar-refractivity contribution in [2.75, 3.05) is 0 Å². The summed E-state index contributed by atoms with van der Waals surface area (Å²) in [6.45, 7) is 9.59. The van der Waals surface area contributed by atoms with Gasteiger partial charge < -0.3 is 0 Å². The first-order chi connectivity index (χ1) is 6.34. The molecule has 0 N–H and O–H groups in total. The molecule has 1 aromatic rings. The smallest absolute Gasteiger partial charge is 0.0444 e. The molecule has 1 heteroatoms. The van der Waals surface area contributed by atoms with Crippen molar-refractivity contribution in [2.24, 2.45) is 0 Å². The van der Waals surface area contributed by atoms with E-state index in [0.29, 0.717) is 0 Å². The van der Waals surface area contributed by atoms with Gasteiger partial charge in [-0.15, -0.1) is 0 Å². The lowest BCUT2D eigenvalue weighted by atomic mass is 10.2. The number of hydrogen-bond acceptors (Lipinski definition) is 1. The highest BCUT2D eigenvalue weighted by Gasteiger charge is 1.89. The van der Waals surface area contributed by atoms with E-state index in [9.17, 15) is 0 Å². The summed E-state index contributed by atoms with van der Waals surface area (Å²) >= 11 is 0. The third kappa shape index (κ3) is 4.26. The summed E-state index contributed by atoms with van der Waals surface area (Å²) in [4.78, 5) is 4.15. The van der Waals surface area contributed by atoms with E-state index >= 15 is 0 Å². The second-order valence-electron chi connectivity index (χ2n) is 2.27. The molecule has 0 aliphatic heterocycles. The van der Waals surface area contributed by atoms with Crippen LogP contribution in [-0.4, -0.2) is 4.98 Å². The number of hydrogen-bond donors (Lipinski definition) is 0. The molecule has 0 aliphatic carbocycles. The van der Waals surface area contributed by atoms with E-state index in [2.05, 4.69) is 11.6 Å². The van der Waals surface area contributed by atoms with Gasteiger partial charge in [-0.25, -0.2) is 0 Å². The number of rotatable bonds is 2. The second kappa shape index (κ2) is 7.29. The van der Waals surface area contributed by atoms with Crippen LogP contribution in [0, 0.1) is 6.92 Å². The Kier molecular flexibility index (Phi) is 6.52. The second-order valence-corrected chi connectivity index (χ2v) is 2.27. The van der Waals surface area contributed by atoms with Crippen molar-refractivity contribution in [1.82, 2.24) is 4.98 Å².